The van der Waals surface area contributed by atoms with Gasteiger partial charge in [-0.25, -0.2) is 0 Å². The average molecular weight is 436 g/mol. The minimum Gasteiger partial charge on any atom is -0.493 e. The number of amides is 1. The molecule has 1 aliphatic rings. The smallest absolute Gasteiger partial charge is 0.273 e. The summed E-state index contributed by atoms with van der Waals surface area (Å²) in [7, 11) is 4.89. The lowest BCUT2D eigenvalue weighted by molar-refractivity contribution is 0.0723. The summed E-state index contributed by atoms with van der Waals surface area (Å²) < 4.78 is 16.1. The Bertz CT molecular complexity index is 1090. The van der Waals surface area contributed by atoms with Gasteiger partial charge in [0.25, 0.3) is 5.91 Å². The van der Waals surface area contributed by atoms with Crippen molar-refractivity contribution >= 4 is 5.91 Å². The van der Waals surface area contributed by atoms with E-state index in [1.54, 1.807) is 21.3 Å². The predicted molar refractivity (Wildman–Crippen MR) is 122 cm³/mol. The summed E-state index contributed by atoms with van der Waals surface area (Å²) in [6.07, 6.45) is 1.73. The number of benzene rings is 2. The number of fused-ring (bicyclic) bond motifs is 1. The molecule has 0 radical (unpaired) electrons. The minimum absolute atomic E-state index is 0.0418. The number of methoxy groups -OCH3 is 3. The second-order valence-electron chi connectivity index (χ2n) is 7.77. The van der Waals surface area contributed by atoms with E-state index < -0.39 is 0 Å². The molecule has 0 saturated carbocycles. The van der Waals surface area contributed by atoms with Gasteiger partial charge in [0, 0.05) is 31.4 Å². The molecule has 0 fully saturated rings. The molecule has 1 aromatic heterocycles. The maximum Gasteiger partial charge on any atom is 0.273 e. The molecule has 1 aliphatic heterocycles. The lowest BCUT2D eigenvalue weighted by Gasteiger charge is -2.26. The molecule has 0 bridgehead atoms. The Morgan fingerprint density at radius 1 is 1.03 bits per heavy atom. The number of carbonyl (C=O) groups is 1. The van der Waals surface area contributed by atoms with Crippen molar-refractivity contribution in [2.45, 2.75) is 25.8 Å². The predicted octanol–water partition coefficient (Wildman–Crippen LogP) is 4.24. The molecule has 4 rings (SSSR count). The van der Waals surface area contributed by atoms with E-state index in [0.29, 0.717) is 30.3 Å². The van der Waals surface area contributed by atoms with E-state index in [4.69, 9.17) is 14.2 Å². The third-order valence-corrected chi connectivity index (χ3v) is 5.97. The molecular formula is C25H29N3O4. The Balaban J connectivity index is 1.81. The van der Waals surface area contributed by atoms with Crippen LogP contribution in [-0.2, 0) is 11.2 Å². The Labute approximate surface area is 188 Å². The van der Waals surface area contributed by atoms with Crippen molar-refractivity contribution < 1.29 is 19.0 Å². The second kappa shape index (κ2) is 9.44. The molecule has 7 heteroatoms. The zero-order chi connectivity index (χ0) is 22.7. The fourth-order valence-corrected chi connectivity index (χ4v) is 4.29. The molecule has 3 aromatic rings. The summed E-state index contributed by atoms with van der Waals surface area (Å²) in [5, 5.41) is 7.53. The topological polar surface area (TPSA) is 76.7 Å². The summed E-state index contributed by atoms with van der Waals surface area (Å²) >= 11 is 0. The van der Waals surface area contributed by atoms with Gasteiger partial charge in [-0.05, 0) is 42.2 Å². The van der Waals surface area contributed by atoms with Crippen LogP contribution in [0.3, 0.4) is 0 Å². The molecule has 0 aliphatic carbocycles. The Hall–Kier alpha value is -3.32. The van der Waals surface area contributed by atoms with Crippen molar-refractivity contribution in [3.05, 3.63) is 64.8 Å². The molecule has 0 saturated heterocycles. The van der Waals surface area contributed by atoms with Crippen LogP contribution in [0.15, 0.2) is 42.5 Å². The lowest BCUT2D eigenvalue weighted by Crippen LogP contribution is -2.31. The highest BCUT2D eigenvalue weighted by molar-refractivity contribution is 6.00. The zero-order valence-corrected chi connectivity index (χ0v) is 19.0. The summed E-state index contributed by atoms with van der Waals surface area (Å²) in [5.41, 5.74) is 5.36. The normalized spacial score (nSPS) is 15.2. The van der Waals surface area contributed by atoms with Crippen LogP contribution in [0.1, 0.15) is 46.6 Å². The largest absolute Gasteiger partial charge is 0.493 e. The van der Waals surface area contributed by atoms with E-state index in [2.05, 4.69) is 41.4 Å². The number of H-pyrrole nitrogens is 1. The molecule has 168 valence electrons. The molecule has 1 amide bonds. The average Bonchev–Trinajstić information content (AvgIpc) is 3.38. The van der Waals surface area contributed by atoms with Crippen LogP contribution in [0.5, 0.6) is 11.5 Å². The van der Waals surface area contributed by atoms with Crippen LogP contribution in [0.2, 0.25) is 0 Å². The number of aromatic amines is 1. The van der Waals surface area contributed by atoms with Gasteiger partial charge < -0.3 is 19.1 Å². The number of aromatic nitrogens is 2. The first-order chi connectivity index (χ1) is 15.6. The van der Waals surface area contributed by atoms with Gasteiger partial charge in [0.2, 0.25) is 0 Å². The lowest BCUT2D eigenvalue weighted by atomic mass is 9.95. The molecule has 1 atom stereocenters. The SMILES string of the molecule is CCc1ccc(C2c3c(-c4ccc(OC)c(OC)c4)n[nH]c3C(=O)N2CCCOC)cc1. The van der Waals surface area contributed by atoms with Gasteiger partial charge in [-0.3, -0.25) is 9.89 Å². The van der Waals surface area contributed by atoms with Crippen LogP contribution in [-0.4, -0.2) is 55.5 Å². The van der Waals surface area contributed by atoms with Gasteiger partial charge in [-0.15, -0.1) is 0 Å². The highest BCUT2D eigenvalue weighted by Gasteiger charge is 2.41. The van der Waals surface area contributed by atoms with Crippen LogP contribution >= 0.6 is 0 Å². The van der Waals surface area contributed by atoms with Crippen LogP contribution in [0, 0.1) is 0 Å². The van der Waals surface area contributed by atoms with E-state index >= 15 is 0 Å². The molecule has 2 aromatic carbocycles. The number of aryl methyl sites for hydroxylation is 1. The van der Waals surface area contributed by atoms with E-state index in [1.807, 2.05) is 23.1 Å². The van der Waals surface area contributed by atoms with Gasteiger partial charge in [-0.2, -0.15) is 5.10 Å². The first kappa shape index (κ1) is 21.9. The van der Waals surface area contributed by atoms with Crippen molar-refractivity contribution in [1.82, 2.24) is 15.1 Å². The fraction of sp³-hybridized carbons (Fsp3) is 0.360. The molecule has 0 spiro atoms. The van der Waals surface area contributed by atoms with Gasteiger partial charge in [0.15, 0.2) is 11.5 Å². The highest BCUT2D eigenvalue weighted by atomic mass is 16.5. The van der Waals surface area contributed by atoms with E-state index in [1.165, 1.54) is 5.56 Å². The van der Waals surface area contributed by atoms with Crippen molar-refractivity contribution in [2.75, 3.05) is 34.5 Å². The quantitative estimate of drug-likeness (QED) is 0.509. The maximum atomic E-state index is 13.3. The van der Waals surface area contributed by atoms with Crippen molar-refractivity contribution in [3.8, 4) is 22.8 Å². The van der Waals surface area contributed by atoms with Gasteiger partial charge in [0.05, 0.1) is 26.0 Å². The van der Waals surface area contributed by atoms with Crippen molar-refractivity contribution in [1.29, 1.82) is 0 Å². The first-order valence-electron chi connectivity index (χ1n) is 10.8. The van der Waals surface area contributed by atoms with Gasteiger partial charge in [0.1, 0.15) is 5.69 Å². The summed E-state index contributed by atoms with van der Waals surface area (Å²) in [5.74, 6) is 1.22. The first-order valence-corrected chi connectivity index (χ1v) is 10.8. The van der Waals surface area contributed by atoms with Gasteiger partial charge in [-0.1, -0.05) is 31.2 Å². The summed E-state index contributed by atoms with van der Waals surface area (Å²) in [6, 6.07) is 13.9. The highest BCUT2D eigenvalue weighted by Crippen LogP contribution is 2.44. The third kappa shape index (κ3) is 3.84. The summed E-state index contributed by atoms with van der Waals surface area (Å²) in [4.78, 5) is 15.2. The van der Waals surface area contributed by atoms with Gasteiger partial charge >= 0.3 is 0 Å². The summed E-state index contributed by atoms with van der Waals surface area (Å²) in [6.45, 7) is 3.33. The Morgan fingerprint density at radius 2 is 1.78 bits per heavy atom. The van der Waals surface area contributed by atoms with Crippen LogP contribution in [0.4, 0.5) is 0 Å². The van der Waals surface area contributed by atoms with E-state index in [9.17, 15) is 4.79 Å². The van der Waals surface area contributed by atoms with Crippen LogP contribution < -0.4 is 9.47 Å². The minimum atomic E-state index is -0.220. The van der Waals surface area contributed by atoms with E-state index in [-0.39, 0.29) is 11.9 Å². The zero-order valence-electron chi connectivity index (χ0n) is 19.0. The second-order valence-corrected chi connectivity index (χ2v) is 7.77. The molecule has 32 heavy (non-hydrogen) atoms. The van der Waals surface area contributed by atoms with Crippen LogP contribution in [0.25, 0.3) is 11.3 Å². The molecule has 1 N–H and O–H groups in total. The molecular weight excluding hydrogens is 406 g/mol. The Kier molecular flexibility index (Phi) is 6.46. The third-order valence-electron chi connectivity index (χ3n) is 5.97. The fourth-order valence-electron chi connectivity index (χ4n) is 4.29. The van der Waals surface area contributed by atoms with E-state index in [0.717, 1.165) is 35.2 Å². The number of nitrogens with one attached hydrogen (secondary N) is 1. The number of carbonyl (C=O) groups excluding carboxylic acids is 1. The Morgan fingerprint density at radius 3 is 2.44 bits per heavy atom. The maximum absolute atomic E-state index is 13.3. The van der Waals surface area contributed by atoms with Crippen molar-refractivity contribution in [3.63, 3.8) is 0 Å². The number of hydrogen-bond donors (Lipinski definition) is 1. The standard InChI is InChI=1S/C25H29N3O4/c1-5-16-7-9-17(10-8-16)24-21-22(18-11-12-19(31-3)20(15-18)32-4)26-27-23(21)25(29)28(24)13-6-14-30-2/h7-12,15,24H,5-6,13-14H2,1-4H3,(H,26,27). The molecule has 7 nitrogen and oxygen atoms in total. The molecule has 1 unspecified atom stereocenters. The number of nitrogens with zero attached hydrogens (tertiary/aromatic N) is 2. The number of rotatable bonds is 9. The van der Waals surface area contributed by atoms with Crippen molar-refractivity contribution in [2.24, 2.45) is 0 Å². The molecule has 2 heterocycles. The monoisotopic (exact) mass is 435 g/mol. The number of ether oxygens (including phenoxy) is 3. The number of hydrogen-bond acceptors (Lipinski definition) is 5.